The minimum Gasteiger partial charge on any atom is -0.335 e. The Hall–Kier alpha value is -3.26. The molecule has 7 nitrogen and oxygen atoms in total. The number of carbonyl (C=O) groups excluding carboxylic acids is 2. The summed E-state index contributed by atoms with van der Waals surface area (Å²) in [5.41, 5.74) is 0.495. The van der Waals surface area contributed by atoms with Crippen LogP contribution in [-0.2, 0) is 16.1 Å². The smallest absolute Gasteiger partial charge is 0.261 e. The van der Waals surface area contributed by atoms with Gasteiger partial charge < -0.3 is 10.2 Å². The number of carbonyl (C=O) groups is 2. The summed E-state index contributed by atoms with van der Waals surface area (Å²) in [5, 5.41) is 3.26. The normalized spacial score (nSPS) is 10.7. The van der Waals surface area contributed by atoms with Crippen molar-refractivity contribution in [3.63, 3.8) is 0 Å². The standard InChI is InChI=1S/C19H16ClFN4O3/c1-24(9-17(26)23-14-5-3-13(21)4-6-14)18(27)10-25-11-22-16-7-2-12(20)8-15(16)19(25)28/h2-8,11H,9-10H2,1H3,(H,23,26). The third-order valence-electron chi connectivity index (χ3n) is 4.03. The molecule has 0 saturated heterocycles. The highest BCUT2D eigenvalue weighted by molar-refractivity contribution is 6.31. The Morgan fingerprint density at radius 1 is 1.21 bits per heavy atom. The van der Waals surface area contributed by atoms with Gasteiger partial charge >= 0.3 is 0 Å². The zero-order valence-electron chi connectivity index (χ0n) is 14.9. The zero-order valence-corrected chi connectivity index (χ0v) is 15.6. The van der Waals surface area contributed by atoms with E-state index in [9.17, 15) is 18.8 Å². The van der Waals surface area contributed by atoms with E-state index in [2.05, 4.69) is 10.3 Å². The second-order valence-electron chi connectivity index (χ2n) is 6.14. The lowest BCUT2D eigenvalue weighted by Gasteiger charge is -2.17. The number of fused-ring (bicyclic) bond motifs is 1. The van der Waals surface area contributed by atoms with E-state index in [0.717, 1.165) is 4.57 Å². The zero-order chi connectivity index (χ0) is 20.3. The summed E-state index contributed by atoms with van der Waals surface area (Å²) in [6.45, 7) is -0.494. The molecular formula is C19H16ClFN4O3. The topological polar surface area (TPSA) is 84.3 Å². The number of hydrogen-bond donors (Lipinski definition) is 1. The minimum atomic E-state index is -0.446. The van der Waals surface area contributed by atoms with Gasteiger partial charge in [-0.3, -0.25) is 19.0 Å². The number of aromatic nitrogens is 2. The van der Waals surface area contributed by atoms with Gasteiger partial charge in [0, 0.05) is 17.8 Å². The van der Waals surface area contributed by atoms with Crippen LogP contribution in [0.4, 0.5) is 10.1 Å². The summed E-state index contributed by atoms with van der Waals surface area (Å²) in [7, 11) is 1.45. The summed E-state index contributed by atoms with van der Waals surface area (Å²) in [6.07, 6.45) is 1.28. The lowest BCUT2D eigenvalue weighted by Crippen LogP contribution is -2.38. The third-order valence-corrected chi connectivity index (χ3v) is 4.26. The van der Waals surface area contributed by atoms with Crippen molar-refractivity contribution in [3.05, 3.63) is 70.0 Å². The van der Waals surface area contributed by atoms with Gasteiger partial charge in [0.1, 0.15) is 12.4 Å². The molecule has 1 aromatic heterocycles. The van der Waals surface area contributed by atoms with Crippen LogP contribution in [0.25, 0.3) is 10.9 Å². The molecule has 28 heavy (non-hydrogen) atoms. The molecule has 0 bridgehead atoms. The van der Waals surface area contributed by atoms with Gasteiger partial charge in [-0.25, -0.2) is 9.37 Å². The van der Waals surface area contributed by atoms with Crippen molar-refractivity contribution in [2.24, 2.45) is 0 Å². The van der Waals surface area contributed by atoms with Gasteiger partial charge in [-0.15, -0.1) is 0 Å². The Kier molecular flexibility index (Phi) is 5.70. The van der Waals surface area contributed by atoms with Crippen molar-refractivity contribution in [2.45, 2.75) is 6.54 Å². The first-order valence-corrected chi connectivity index (χ1v) is 8.65. The van der Waals surface area contributed by atoms with E-state index in [1.165, 1.54) is 48.6 Å². The number of nitrogens with zero attached hydrogens (tertiary/aromatic N) is 3. The monoisotopic (exact) mass is 402 g/mol. The Morgan fingerprint density at radius 2 is 1.93 bits per heavy atom. The number of benzene rings is 2. The SMILES string of the molecule is CN(CC(=O)Nc1ccc(F)cc1)C(=O)Cn1cnc2ccc(Cl)cc2c1=O. The van der Waals surface area contributed by atoms with E-state index in [-0.39, 0.29) is 13.1 Å². The number of amides is 2. The van der Waals surface area contributed by atoms with E-state index in [1.54, 1.807) is 12.1 Å². The van der Waals surface area contributed by atoms with Gasteiger partial charge in [-0.2, -0.15) is 0 Å². The summed E-state index contributed by atoms with van der Waals surface area (Å²) in [6, 6.07) is 10.0. The Labute approximate surface area is 164 Å². The quantitative estimate of drug-likeness (QED) is 0.709. The summed E-state index contributed by atoms with van der Waals surface area (Å²) < 4.78 is 14.1. The molecule has 0 atom stereocenters. The highest BCUT2D eigenvalue weighted by Crippen LogP contribution is 2.14. The second kappa shape index (κ2) is 8.18. The maximum absolute atomic E-state index is 12.9. The number of rotatable bonds is 5. The first kappa shape index (κ1) is 19.5. The van der Waals surface area contributed by atoms with Crippen molar-refractivity contribution < 1.29 is 14.0 Å². The van der Waals surface area contributed by atoms with Crippen molar-refractivity contribution in [1.29, 1.82) is 0 Å². The van der Waals surface area contributed by atoms with Gasteiger partial charge in [0.2, 0.25) is 11.8 Å². The van der Waals surface area contributed by atoms with Crippen LogP contribution in [0.3, 0.4) is 0 Å². The molecule has 0 fully saturated rings. The Bertz CT molecular complexity index is 1100. The summed E-state index contributed by atoms with van der Waals surface area (Å²) in [5.74, 6) is -1.31. The number of nitrogens with one attached hydrogen (secondary N) is 1. The third kappa shape index (κ3) is 4.52. The Balaban J connectivity index is 1.66. The van der Waals surface area contributed by atoms with E-state index < -0.39 is 23.2 Å². The van der Waals surface area contributed by atoms with Gasteiger partial charge in [-0.1, -0.05) is 11.6 Å². The molecule has 3 aromatic rings. The van der Waals surface area contributed by atoms with Crippen LogP contribution in [0, 0.1) is 5.82 Å². The first-order valence-electron chi connectivity index (χ1n) is 8.27. The maximum Gasteiger partial charge on any atom is 0.261 e. The predicted octanol–water partition coefficient (Wildman–Crippen LogP) is 2.29. The molecule has 0 aliphatic carbocycles. The van der Waals surface area contributed by atoms with E-state index in [0.29, 0.717) is 21.6 Å². The fourth-order valence-electron chi connectivity index (χ4n) is 2.55. The molecule has 0 saturated carbocycles. The molecule has 0 aliphatic heterocycles. The minimum absolute atomic E-state index is 0.224. The molecule has 0 radical (unpaired) electrons. The number of halogens is 2. The molecule has 3 rings (SSSR count). The highest BCUT2D eigenvalue weighted by Gasteiger charge is 2.15. The van der Waals surface area contributed by atoms with Gasteiger partial charge in [0.25, 0.3) is 5.56 Å². The average Bonchev–Trinajstić information content (AvgIpc) is 2.66. The van der Waals surface area contributed by atoms with Crippen molar-refractivity contribution >= 4 is 40.0 Å². The summed E-state index contributed by atoms with van der Waals surface area (Å²) >= 11 is 5.92. The second-order valence-corrected chi connectivity index (χ2v) is 6.58. The molecule has 0 aliphatic rings. The fraction of sp³-hybridized carbons (Fsp3) is 0.158. The molecular weight excluding hydrogens is 387 g/mol. The van der Waals surface area contributed by atoms with Gasteiger partial charge in [0.15, 0.2) is 0 Å². The average molecular weight is 403 g/mol. The molecule has 0 unspecified atom stereocenters. The lowest BCUT2D eigenvalue weighted by molar-refractivity contribution is -0.133. The van der Waals surface area contributed by atoms with Crippen LogP contribution in [0.1, 0.15) is 0 Å². The molecule has 9 heteroatoms. The molecule has 2 aromatic carbocycles. The van der Waals surface area contributed by atoms with Crippen LogP contribution in [0.2, 0.25) is 5.02 Å². The van der Waals surface area contributed by atoms with Crippen LogP contribution in [0.5, 0.6) is 0 Å². The lowest BCUT2D eigenvalue weighted by atomic mass is 10.2. The summed E-state index contributed by atoms with van der Waals surface area (Å²) in [4.78, 5) is 42.3. The van der Waals surface area contributed by atoms with Crippen LogP contribution in [-0.4, -0.2) is 39.9 Å². The molecule has 1 N–H and O–H groups in total. The van der Waals surface area contributed by atoms with E-state index in [4.69, 9.17) is 11.6 Å². The van der Waals surface area contributed by atoms with Crippen LogP contribution >= 0.6 is 11.6 Å². The first-order chi connectivity index (χ1) is 13.3. The van der Waals surface area contributed by atoms with E-state index >= 15 is 0 Å². The van der Waals surface area contributed by atoms with Crippen LogP contribution < -0.4 is 10.9 Å². The molecule has 144 valence electrons. The fourth-order valence-corrected chi connectivity index (χ4v) is 2.72. The molecule has 2 amide bonds. The largest absolute Gasteiger partial charge is 0.335 e. The maximum atomic E-state index is 12.9. The molecule has 0 spiro atoms. The number of hydrogen-bond acceptors (Lipinski definition) is 4. The van der Waals surface area contributed by atoms with Gasteiger partial charge in [-0.05, 0) is 42.5 Å². The van der Waals surface area contributed by atoms with Crippen LogP contribution in [0.15, 0.2) is 53.6 Å². The van der Waals surface area contributed by atoms with Crippen molar-refractivity contribution in [3.8, 4) is 0 Å². The van der Waals surface area contributed by atoms with Crippen molar-refractivity contribution in [1.82, 2.24) is 14.5 Å². The Morgan fingerprint density at radius 3 is 2.64 bits per heavy atom. The predicted molar refractivity (Wildman–Crippen MR) is 104 cm³/mol. The van der Waals surface area contributed by atoms with E-state index in [1.807, 2.05) is 0 Å². The highest BCUT2D eigenvalue weighted by atomic mass is 35.5. The number of anilines is 1. The molecule has 1 heterocycles. The van der Waals surface area contributed by atoms with Gasteiger partial charge in [0.05, 0.1) is 23.8 Å². The van der Waals surface area contributed by atoms with Crippen molar-refractivity contribution in [2.75, 3.05) is 18.9 Å². The number of likely N-dealkylation sites (N-methyl/N-ethyl adjacent to an activating group) is 1.